The molecule has 0 amide bonds. The van der Waals surface area contributed by atoms with Crippen LogP contribution in [0.15, 0.2) is 53.4 Å². The molecular weight excluding hydrogens is 292 g/mol. The van der Waals surface area contributed by atoms with Gasteiger partial charge in [0.15, 0.2) is 0 Å². The van der Waals surface area contributed by atoms with Crippen LogP contribution in [0.2, 0.25) is 0 Å². The molecule has 1 heterocycles. The third kappa shape index (κ3) is 2.08. The van der Waals surface area contributed by atoms with E-state index in [9.17, 15) is 13.2 Å². The van der Waals surface area contributed by atoms with Gasteiger partial charge in [-0.1, -0.05) is 30.3 Å². The van der Waals surface area contributed by atoms with Crippen LogP contribution in [0, 0.1) is 0 Å². The molecule has 0 aliphatic carbocycles. The highest BCUT2D eigenvalue weighted by Crippen LogP contribution is 2.41. The number of fused-ring (bicyclic) bond motifs is 1. The van der Waals surface area contributed by atoms with Crippen molar-refractivity contribution < 1.29 is 22.7 Å². The smallest absolute Gasteiger partial charge is 0.344 e. The second-order valence-corrected chi connectivity index (χ2v) is 6.51. The van der Waals surface area contributed by atoms with Crippen molar-refractivity contribution in [3.8, 4) is 5.75 Å². The van der Waals surface area contributed by atoms with E-state index in [4.69, 9.17) is 9.47 Å². The van der Waals surface area contributed by atoms with Crippen LogP contribution in [0.3, 0.4) is 0 Å². The Hall–Kier alpha value is -2.34. The van der Waals surface area contributed by atoms with Crippen LogP contribution in [-0.2, 0) is 14.6 Å². The molecule has 0 fully saturated rings. The molecule has 21 heavy (non-hydrogen) atoms. The molecule has 0 saturated carbocycles. The van der Waals surface area contributed by atoms with Gasteiger partial charge in [0.1, 0.15) is 11.3 Å². The molecule has 0 aromatic heterocycles. The lowest BCUT2D eigenvalue weighted by molar-refractivity contribution is 0.0506. The number of esters is 1. The number of methoxy groups -OCH3 is 1. The number of sulfone groups is 1. The average Bonchev–Trinajstić information content (AvgIpc) is 2.86. The van der Waals surface area contributed by atoms with Crippen molar-refractivity contribution in [2.45, 2.75) is 10.3 Å². The Morgan fingerprint density at radius 1 is 1.05 bits per heavy atom. The molecule has 1 aliphatic heterocycles. The van der Waals surface area contributed by atoms with Gasteiger partial charge in [0, 0.05) is 5.56 Å². The minimum absolute atomic E-state index is 0.110. The van der Waals surface area contributed by atoms with Crippen molar-refractivity contribution in [3.05, 3.63) is 59.7 Å². The number of carbonyl (C=O) groups excluding carboxylic acids is 1. The maximum atomic E-state index is 12.6. The lowest BCUT2D eigenvalue weighted by Gasteiger charge is -2.12. The molecule has 0 bridgehead atoms. The van der Waals surface area contributed by atoms with Crippen LogP contribution in [0.5, 0.6) is 5.75 Å². The van der Waals surface area contributed by atoms with Crippen LogP contribution in [0.25, 0.3) is 0 Å². The highest BCUT2D eigenvalue weighted by Gasteiger charge is 2.42. The Kier molecular flexibility index (Phi) is 3.17. The predicted octanol–water partition coefficient (Wildman–Crippen LogP) is 2.34. The summed E-state index contributed by atoms with van der Waals surface area (Å²) in [7, 11) is -2.39. The van der Waals surface area contributed by atoms with Crippen LogP contribution in [0.4, 0.5) is 0 Å². The Bertz CT molecular complexity index is 796. The monoisotopic (exact) mass is 304 g/mol. The number of ether oxygens (including phenoxy) is 2. The van der Waals surface area contributed by atoms with E-state index in [1.54, 1.807) is 36.4 Å². The molecule has 0 N–H and O–H groups in total. The Balaban J connectivity index is 2.15. The molecule has 1 atom stereocenters. The lowest BCUT2D eigenvalue weighted by Crippen LogP contribution is -2.13. The first-order valence-electron chi connectivity index (χ1n) is 6.22. The van der Waals surface area contributed by atoms with E-state index < -0.39 is 21.2 Å². The van der Waals surface area contributed by atoms with E-state index in [1.807, 2.05) is 0 Å². The largest absolute Gasteiger partial charge is 0.496 e. The molecule has 0 saturated heterocycles. The zero-order chi connectivity index (χ0) is 15.0. The number of carbonyl (C=O) groups is 1. The zero-order valence-corrected chi connectivity index (χ0v) is 12.0. The van der Waals surface area contributed by atoms with Gasteiger partial charge in [-0.25, -0.2) is 13.2 Å². The molecule has 0 unspecified atom stereocenters. The SMILES string of the molecule is COc1cccc2c1C(=O)O[C@H]2S(=O)(=O)c1ccccc1. The summed E-state index contributed by atoms with van der Waals surface area (Å²) in [5.41, 5.74) is -0.856. The van der Waals surface area contributed by atoms with Crippen molar-refractivity contribution >= 4 is 15.8 Å². The first-order chi connectivity index (χ1) is 10.1. The van der Waals surface area contributed by atoms with E-state index in [0.29, 0.717) is 11.3 Å². The van der Waals surface area contributed by atoms with Crippen molar-refractivity contribution in [2.24, 2.45) is 0 Å². The molecule has 6 heteroatoms. The predicted molar refractivity (Wildman–Crippen MR) is 74.8 cm³/mol. The summed E-state index contributed by atoms with van der Waals surface area (Å²) < 4.78 is 35.4. The molecule has 3 rings (SSSR count). The zero-order valence-electron chi connectivity index (χ0n) is 11.1. The van der Waals surface area contributed by atoms with Crippen LogP contribution < -0.4 is 4.74 Å². The normalized spacial score (nSPS) is 17.2. The summed E-state index contributed by atoms with van der Waals surface area (Å²) in [5, 5.41) is 0. The fourth-order valence-electron chi connectivity index (χ4n) is 2.32. The minimum atomic E-state index is -3.81. The van der Waals surface area contributed by atoms with Gasteiger partial charge in [0.2, 0.25) is 15.3 Å². The topological polar surface area (TPSA) is 69.7 Å². The Labute approximate surface area is 122 Å². The molecule has 2 aromatic rings. The van der Waals surface area contributed by atoms with Gasteiger partial charge in [-0.3, -0.25) is 0 Å². The van der Waals surface area contributed by atoms with Crippen LogP contribution >= 0.6 is 0 Å². The maximum absolute atomic E-state index is 12.6. The molecule has 5 nitrogen and oxygen atoms in total. The van der Waals surface area contributed by atoms with Crippen molar-refractivity contribution in [3.63, 3.8) is 0 Å². The van der Waals surface area contributed by atoms with Gasteiger partial charge >= 0.3 is 5.97 Å². The summed E-state index contributed by atoms with van der Waals surface area (Å²) in [5.74, 6) is -0.379. The van der Waals surface area contributed by atoms with Gasteiger partial charge in [-0.2, -0.15) is 0 Å². The van der Waals surface area contributed by atoms with Crippen LogP contribution in [-0.4, -0.2) is 21.5 Å². The molecular formula is C15H12O5S. The van der Waals surface area contributed by atoms with E-state index in [-0.39, 0.29) is 10.5 Å². The summed E-state index contributed by atoms with van der Waals surface area (Å²) in [6.45, 7) is 0. The fourth-order valence-corrected chi connectivity index (χ4v) is 3.85. The van der Waals surface area contributed by atoms with Gasteiger partial charge in [0.05, 0.1) is 12.0 Å². The minimum Gasteiger partial charge on any atom is -0.496 e. The van der Waals surface area contributed by atoms with Gasteiger partial charge in [-0.15, -0.1) is 0 Å². The highest BCUT2D eigenvalue weighted by atomic mass is 32.2. The quantitative estimate of drug-likeness (QED) is 0.814. The second kappa shape index (κ2) is 4.89. The molecule has 0 radical (unpaired) electrons. The fraction of sp³-hybridized carbons (Fsp3) is 0.133. The van der Waals surface area contributed by atoms with Crippen molar-refractivity contribution in [1.82, 2.24) is 0 Å². The maximum Gasteiger partial charge on any atom is 0.344 e. The summed E-state index contributed by atoms with van der Waals surface area (Å²) in [6.07, 6.45) is 0. The number of benzene rings is 2. The summed E-state index contributed by atoms with van der Waals surface area (Å²) >= 11 is 0. The first kappa shape index (κ1) is 13.6. The third-order valence-corrected chi connectivity index (χ3v) is 5.15. The first-order valence-corrected chi connectivity index (χ1v) is 7.77. The Morgan fingerprint density at radius 2 is 1.76 bits per heavy atom. The summed E-state index contributed by atoms with van der Waals surface area (Å²) in [6, 6.07) is 12.7. The second-order valence-electron chi connectivity index (χ2n) is 4.52. The van der Waals surface area contributed by atoms with Gasteiger partial charge in [-0.05, 0) is 18.2 Å². The van der Waals surface area contributed by atoms with E-state index in [0.717, 1.165) is 0 Å². The highest BCUT2D eigenvalue weighted by molar-refractivity contribution is 7.91. The number of cyclic esters (lactones) is 1. The number of hydrogen-bond acceptors (Lipinski definition) is 5. The molecule has 1 aliphatic rings. The number of rotatable bonds is 3. The van der Waals surface area contributed by atoms with Crippen molar-refractivity contribution in [2.75, 3.05) is 7.11 Å². The molecule has 0 spiro atoms. The van der Waals surface area contributed by atoms with E-state index in [1.165, 1.54) is 19.2 Å². The standard InChI is InChI=1S/C15H12O5S/c1-19-12-9-5-8-11-13(12)14(16)20-15(11)21(17,18)10-6-3-2-4-7-10/h2-9,15H,1H3/t15-/m0/s1. The number of hydrogen-bond donors (Lipinski definition) is 0. The van der Waals surface area contributed by atoms with E-state index >= 15 is 0 Å². The average molecular weight is 304 g/mol. The van der Waals surface area contributed by atoms with Gasteiger partial charge < -0.3 is 9.47 Å². The molecule has 2 aromatic carbocycles. The summed E-state index contributed by atoms with van der Waals surface area (Å²) in [4.78, 5) is 12.1. The van der Waals surface area contributed by atoms with Crippen molar-refractivity contribution in [1.29, 1.82) is 0 Å². The molecule has 108 valence electrons. The third-order valence-electron chi connectivity index (χ3n) is 3.30. The Morgan fingerprint density at radius 3 is 2.43 bits per heavy atom. The lowest BCUT2D eigenvalue weighted by atomic mass is 10.1. The van der Waals surface area contributed by atoms with Gasteiger partial charge in [0.25, 0.3) is 0 Å². The van der Waals surface area contributed by atoms with Crippen LogP contribution in [0.1, 0.15) is 21.4 Å². The van der Waals surface area contributed by atoms with E-state index in [2.05, 4.69) is 0 Å².